The predicted octanol–water partition coefficient (Wildman–Crippen LogP) is 4.23. The van der Waals surface area contributed by atoms with Crippen LogP contribution in [0.3, 0.4) is 0 Å². The van der Waals surface area contributed by atoms with Crippen molar-refractivity contribution in [3.63, 3.8) is 0 Å². The summed E-state index contributed by atoms with van der Waals surface area (Å²) in [5.41, 5.74) is 1.54. The maximum Gasteiger partial charge on any atom is 0.269 e. The van der Waals surface area contributed by atoms with E-state index < -0.39 is 5.91 Å². The number of para-hydroxylation sites is 1. The highest BCUT2D eigenvalue weighted by atomic mass is 35.5. The first kappa shape index (κ1) is 14.5. The predicted molar refractivity (Wildman–Crippen MR) is 88.6 cm³/mol. The van der Waals surface area contributed by atoms with Crippen LogP contribution in [0, 0.1) is 11.3 Å². The number of carbonyl (C=O) groups is 1. The maximum absolute atomic E-state index is 12.3. The quantitative estimate of drug-likeness (QED) is 0.640. The molecular formula is C16H10ClN3OS. The second-order valence-corrected chi connectivity index (χ2v) is 5.99. The van der Waals surface area contributed by atoms with E-state index in [1.807, 2.05) is 30.3 Å². The van der Waals surface area contributed by atoms with Gasteiger partial charge in [-0.05, 0) is 36.4 Å². The average Bonchev–Trinajstić information content (AvgIpc) is 2.94. The number of nitrogens with one attached hydrogen (secondary N) is 2. The van der Waals surface area contributed by atoms with Gasteiger partial charge in [0, 0.05) is 15.6 Å². The first-order chi connectivity index (χ1) is 10.7. The van der Waals surface area contributed by atoms with E-state index in [-0.39, 0.29) is 5.57 Å². The Morgan fingerprint density at radius 1 is 1.18 bits per heavy atom. The number of rotatable bonds is 2. The maximum atomic E-state index is 12.3. The van der Waals surface area contributed by atoms with Crippen LogP contribution >= 0.6 is 23.4 Å². The van der Waals surface area contributed by atoms with Gasteiger partial charge in [-0.3, -0.25) is 4.79 Å². The lowest BCUT2D eigenvalue weighted by molar-refractivity contribution is -0.112. The van der Waals surface area contributed by atoms with Crippen LogP contribution in [0.1, 0.15) is 0 Å². The van der Waals surface area contributed by atoms with Crippen LogP contribution in [-0.4, -0.2) is 5.91 Å². The fraction of sp³-hybridized carbons (Fsp3) is 0. The highest BCUT2D eigenvalue weighted by molar-refractivity contribution is 8.03. The van der Waals surface area contributed by atoms with Crippen molar-refractivity contribution in [2.75, 3.05) is 10.6 Å². The smallest absolute Gasteiger partial charge is 0.269 e. The van der Waals surface area contributed by atoms with Gasteiger partial charge in [-0.15, -0.1) is 0 Å². The molecule has 1 aliphatic heterocycles. The van der Waals surface area contributed by atoms with Crippen LogP contribution in [0.5, 0.6) is 0 Å². The van der Waals surface area contributed by atoms with Gasteiger partial charge in [0.15, 0.2) is 0 Å². The van der Waals surface area contributed by atoms with Gasteiger partial charge in [-0.25, -0.2) is 0 Å². The van der Waals surface area contributed by atoms with E-state index in [1.54, 1.807) is 24.3 Å². The topological polar surface area (TPSA) is 64.9 Å². The summed E-state index contributed by atoms with van der Waals surface area (Å²) in [6, 6.07) is 16.3. The SMILES string of the molecule is N#C/C(C(=O)Nc1ccc(Cl)cc1)=C1/Nc2ccccc2S1. The Bertz CT molecular complexity index is 782. The zero-order chi connectivity index (χ0) is 15.5. The second kappa shape index (κ2) is 6.14. The molecule has 0 aliphatic carbocycles. The van der Waals surface area contributed by atoms with Crippen molar-refractivity contribution in [1.29, 1.82) is 5.26 Å². The van der Waals surface area contributed by atoms with Crippen molar-refractivity contribution in [3.05, 3.63) is 64.2 Å². The first-order valence-corrected chi connectivity index (χ1v) is 7.62. The van der Waals surface area contributed by atoms with E-state index in [1.165, 1.54) is 11.8 Å². The number of halogens is 1. The van der Waals surface area contributed by atoms with Crippen LogP contribution < -0.4 is 10.6 Å². The van der Waals surface area contributed by atoms with Gasteiger partial charge in [0.05, 0.1) is 5.69 Å². The molecule has 3 rings (SSSR count). The normalized spacial score (nSPS) is 14.5. The number of nitriles is 1. The minimum atomic E-state index is -0.451. The molecule has 0 atom stereocenters. The molecule has 1 aliphatic rings. The molecule has 1 heterocycles. The van der Waals surface area contributed by atoms with Crippen molar-refractivity contribution < 1.29 is 4.79 Å². The van der Waals surface area contributed by atoms with Gasteiger partial charge in [0.1, 0.15) is 16.7 Å². The number of thioether (sulfide) groups is 1. The monoisotopic (exact) mass is 327 g/mol. The summed E-state index contributed by atoms with van der Waals surface area (Å²) >= 11 is 7.18. The Hall–Kier alpha value is -2.42. The molecule has 0 saturated carbocycles. The molecule has 0 saturated heterocycles. The van der Waals surface area contributed by atoms with Crippen molar-refractivity contribution >= 4 is 40.6 Å². The van der Waals surface area contributed by atoms with E-state index in [0.29, 0.717) is 15.7 Å². The van der Waals surface area contributed by atoms with Crippen molar-refractivity contribution in [2.24, 2.45) is 0 Å². The summed E-state index contributed by atoms with van der Waals surface area (Å²) in [7, 11) is 0. The molecule has 2 aromatic rings. The Morgan fingerprint density at radius 2 is 1.91 bits per heavy atom. The molecule has 0 fully saturated rings. The summed E-state index contributed by atoms with van der Waals surface area (Å²) in [5.74, 6) is -0.451. The molecule has 4 nitrogen and oxygen atoms in total. The molecule has 2 aromatic carbocycles. The van der Waals surface area contributed by atoms with Crippen molar-refractivity contribution in [1.82, 2.24) is 0 Å². The summed E-state index contributed by atoms with van der Waals surface area (Å²) in [4.78, 5) is 13.3. The van der Waals surface area contributed by atoms with Crippen molar-refractivity contribution in [3.8, 4) is 6.07 Å². The van der Waals surface area contributed by atoms with Gasteiger partial charge in [-0.2, -0.15) is 5.26 Å². The van der Waals surface area contributed by atoms with Crippen LogP contribution in [0.15, 0.2) is 64.0 Å². The van der Waals surface area contributed by atoms with Crippen molar-refractivity contribution in [2.45, 2.75) is 4.90 Å². The summed E-state index contributed by atoms with van der Waals surface area (Å²) in [6.45, 7) is 0. The molecule has 2 N–H and O–H groups in total. The lowest BCUT2D eigenvalue weighted by Gasteiger charge is -2.06. The first-order valence-electron chi connectivity index (χ1n) is 6.42. The standard InChI is InChI=1S/C16H10ClN3OS/c17-10-5-7-11(8-6-10)19-15(21)12(9-18)16-20-13-3-1-2-4-14(13)22-16/h1-8,20H,(H,19,21)/b16-12+. The third-order valence-corrected chi connectivity index (χ3v) is 4.35. The molecule has 0 spiro atoms. The third kappa shape index (κ3) is 2.93. The Balaban J connectivity index is 1.83. The lowest BCUT2D eigenvalue weighted by atomic mass is 10.2. The Morgan fingerprint density at radius 3 is 2.59 bits per heavy atom. The van der Waals surface area contributed by atoms with Gasteiger partial charge < -0.3 is 10.6 Å². The van der Waals surface area contributed by atoms with Crippen LogP contribution in [0.2, 0.25) is 5.02 Å². The third-order valence-electron chi connectivity index (χ3n) is 3.02. The molecule has 0 radical (unpaired) electrons. The summed E-state index contributed by atoms with van der Waals surface area (Å²) < 4.78 is 0. The number of fused-ring (bicyclic) bond motifs is 1. The number of hydrogen-bond donors (Lipinski definition) is 2. The zero-order valence-electron chi connectivity index (χ0n) is 11.3. The van der Waals surface area contributed by atoms with Crippen LogP contribution in [0.25, 0.3) is 0 Å². The highest BCUT2D eigenvalue weighted by Gasteiger charge is 2.23. The van der Waals surface area contributed by atoms with Crippen LogP contribution in [0.4, 0.5) is 11.4 Å². The fourth-order valence-corrected chi connectivity index (χ4v) is 3.08. The molecule has 0 aromatic heterocycles. The fourth-order valence-electron chi connectivity index (χ4n) is 1.96. The van der Waals surface area contributed by atoms with Gasteiger partial charge in [0.25, 0.3) is 5.91 Å². The highest BCUT2D eigenvalue weighted by Crippen LogP contribution is 2.41. The molecule has 108 valence electrons. The molecule has 6 heteroatoms. The molecule has 22 heavy (non-hydrogen) atoms. The number of benzene rings is 2. The minimum Gasteiger partial charge on any atom is -0.348 e. The Labute approximate surface area is 136 Å². The van der Waals surface area contributed by atoms with Gasteiger partial charge in [-0.1, -0.05) is 35.5 Å². The average molecular weight is 328 g/mol. The largest absolute Gasteiger partial charge is 0.348 e. The number of carbonyl (C=O) groups excluding carboxylic acids is 1. The van der Waals surface area contributed by atoms with Crippen LogP contribution in [-0.2, 0) is 4.79 Å². The van der Waals surface area contributed by atoms with E-state index in [0.717, 1.165) is 10.6 Å². The number of amides is 1. The number of hydrogen-bond acceptors (Lipinski definition) is 4. The molecule has 0 unspecified atom stereocenters. The van der Waals surface area contributed by atoms with Gasteiger partial charge >= 0.3 is 0 Å². The number of anilines is 2. The van der Waals surface area contributed by atoms with E-state index in [2.05, 4.69) is 10.6 Å². The minimum absolute atomic E-state index is 0.0520. The molecular weight excluding hydrogens is 318 g/mol. The summed E-state index contributed by atoms with van der Waals surface area (Å²) in [5, 5.41) is 16.2. The Kier molecular flexibility index (Phi) is 4.05. The molecule has 1 amide bonds. The van der Waals surface area contributed by atoms with E-state index in [4.69, 9.17) is 11.6 Å². The zero-order valence-corrected chi connectivity index (χ0v) is 12.8. The van der Waals surface area contributed by atoms with Gasteiger partial charge in [0.2, 0.25) is 0 Å². The molecule has 0 bridgehead atoms. The lowest BCUT2D eigenvalue weighted by Crippen LogP contribution is -2.15. The van der Waals surface area contributed by atoms with E-state index >= 15 is 0 Å². The van der Waals surface area contributed by atoms with E-state index in [9.17, 15) is 10.1 Å². The second-order valence-electron chi connectivity index (χ2n) is 4.50. The summed E-state index contributed by atoms with van der Waals surface area (Å²) in [6.07, 6.45) is 0. The number of nitrogens with zero attached hydrogens (tertiary/aromatic N) is 1.